The number of nitrogens with one attached hydrogen (secondary N) is 1. The van der Waals surface area contributed by atoms with E-state index in [-0.39, 0.29) is 16.5 Å². The van der Waals surface area contributed by atoms with Crippen LogP contribution < -0.4 is 4.72 Å². The van der Waals surface area contributed by atoms with Crippen molar-refractivity contribution in [2.75, 3.05) is 6.54 Å². The standard InChI is InChI=1S/C16H14ClN3O2S2/c17-14-5-1-2-6-15(14)24(21,22)19-9-7-13-11-23-16(20-13)12-4-3-8-18-10-12/h1-6,8,10-11,19H,7,9H2. The van der Waals surface area contributed by atoms with Gasteiger partial charge in [0.15, 0.2) is 0 Å². The molecule has 0 radical (unpaired) electrons. The molecular weight excluding hydrogens is 366 g/mol. The van der Waals surface area contributed by atoms with Crippen molar-refractivity contribution in [2.24, 2.45) is 0 Å². The van der Waals surface area contributed by atoms with Gasteiger partial charge in [-0.15, -0.1) is 11.3 Å². The van der Waals surface area contributed by atoms with Crippen molar-refractivity contribution in [1.29, 1.82) is 0 Å². The topological polar surface area (TPSA) is 72.0 Å². The first-order valence-corrected chi connectivity index (χ1v) is 9.89. The highest BCUT2D eigenvalue weighted by molar-refractivity contribution is 7.89. The molecule has 3 aromatic rings. The van der Waals surface area contributed by atoms with Gasteiger partial charge >= 0.3 is 0 Å². The lowest BCUT2D eigenvalue weighted by molar-refractivity contribution is 0.581. The Balaban J connectivity index is 1.63. The highest BCUT2D eigenvalue weighted by Crippen LogP contribution is 2.23. The van der Waals surface area contributed by atoms with Crippen LogP contribution in [0, 0.1) is 0 Å². The number of hydrogen-bond donors (Lipinski definition) is 1. The second-order valence-electron chi connectivity index (χ2n) is 4.96. The van der Waals surface area contributed by atoms with Gasteiger partial charge < -0.3 is 0 Å². The van der Waals surface area contributed by atoms with Gasteiger partial charge in [-0.1, -0.05) is 23.7 Å². The quantitative estimate of drug-likeness (QED) is 0.712. The zero-order valence-corrected chi connectivity index (χ0v) is 14.9. The van der Waals surface area contributed by atoms with E-state index in [4.69, 9.17) is 11.6 Å². The molecule has 5 nitrogen and oxygen atoms in total. The van der Waals surface area contributed by atoms with Crippen LogP contribution in [0.25, 0.3) is 10.6 Å². The molecule has 1 aromatic carbocycles. The fourth-order valence-electron chi connectivity index (χ4n) is 2.10. The summed E-state index contributed by atoms with van der Waals surface area (Å²) in [6.07, 6.45) is 3.96. The van der Waals surface area contributed by atoms with Gasteiger partial charge in [-0.25, -0.2) is 18.1 Å². The number of sulfonamides is 1. The second kappa shape index (κ2) is 7.40. The molecule has 1 N–H and O–H groups in total. The molecule has 8 heteroatoms. The van der Waals surface area contributed by atoms with E-state index < -0.39 is 10.0 Å². The monoisotopic (exact) mass is 379 g/mol. The van der Waals surface area contributed by atoms with Crippen LogP contribution in [-0.4, -0.2) is 24.9 Å². The molecule has 0 bridgehead atoms. The second-order valence-corrected chi connectivity index (χ2v) is 7.96. The molecule has 24 heavy (non-hydrogen) atoms. The average molecular weight is 380 g/mol. The molecule has 0 aliphatic rings. The summed E-state index contributed by atoms with van der Waals surface area (Å²) in [4.78, 5) is 8.66. The fraction of sp³-hybridized carbons (Fsp3) is 0.125. The highest BCUT2D eigenvalue weighted by Gasteiger charge is 2.16. The summed E-state index contributed by atoms with van der Waals surface area (Å²) in [5.74, 6) is 0. The minimum atomic E-state index is -3.62. The van der Waals surface area contributed by atoms with Crippen LogP contribution in [-0.2, 0) is 16.4 Å². The normalized spacial score (nSPS) is 11.5. The third-order valence-electron chi connectivity index (χ3n) is 3.26. The molecule has 0 atom stereocenters. The van der Waals surface area contributed by atoms with Crippen LogP contribution in [0.15, 0.2) is 59.1 Å². The number of thiazole rings is 1. The van der Waals surface area contributed by atoms with Crippen molar-refractivity contribution >= 4 is 33.0 Å². The molecule has 0 aliphatic heterocycles. The molecule has 0 aliphatic carbocycles. The lowest BCUT2D eigenvalue weighted by Gasteiger charge is -2.07. The Kier molecular flexibility index (Phi) is 5.25. The Bertz CT molecular complexity index is 927. The van der Waals surface area contributed by atoms with Crippen LogP contribution in [0.3, 0.4) is 0 Å². The van der Waals surface area contributed by atoms with E-state index in [1.165, 1.54) is 17.4 Å². The van der Waals surface area contributed by atoms with Gasteiger partial charge in [0.1, 0.15) is 9.90 Å². The van der Waals surface area contributed by atoms with Crippen molar-refractivity contribution in [3.63, 3.8) is 0 Å². The Morgan fingerprint density at radius 1 is 1.17 bits per heavy atom. The SMILES string of the molecule is O=S(=O)(NCCc1csc(-c2cccnc2)n1)c1ccccc1Cl. The summed E-state index contributed by atoms with van der Waals surface area (Å²) in [5.41, 5.74) is 1.78. The van der Waals surface area contributed by atoms with Crippen LogP contribution >= 0.6 is 22.9 Å². The largest absolute Gasteiger partial charge is 0.264 e. The van der Waals surface area contributed by atoms with Crippen LogP contribution in [0.2, 0.25) is 5.02 Å². The molecule has 0 saturated heterocycles. The van der Waals surface area contributed by atoms with Gasteiger partial charge in [0, 0.05) is 36.3 Å². The lowest BCUT2D eigenvalue weighted by atomic mass is 10.3. The molecule has 124 valence electrons. The summed E-state index contributed by atoms with van der Waals surface area (Å²) in [6, 6.07) is 10.2. The summed E-state index contributed by atoms with van der Waals surface area (Å²) in [6.45, 7) is 0.254. The van der Waals surface area contributed by atoms with E-state index in [0.29, 0.717) is 6.42 Å². The van der Waals surface area contributed by atoms with E-state index in [2.05, 4.69) is 14.7 Å². The first-order chi connectivity index (χ1) is 11.6. The van der Waals surface area contributed by atoms with E-state index in [9.17, 15) is 8.42 Å². The fourth-order valence-corrected chi connectivity index (χ4v) is 4.49. The number of benzene rings is 1. The van der Waals surface area contributed by atoms with Crippen molar-refractivity contribution in [3.05, 3.63) is 64.9 Å². The van der Waals surface area contributed by atoms with Gasteiger partial charge in [-0.3, -0.25) is 4.98 Å². The van der Waals surface area contributed by atoms with E-state index in [1.807, 2.05) is 17.5 Å². The van der Waals surface area contributed by atoms with Crippen molar-refractivity contribution in [3.8, 4) is 10.6 Å². The van der Waals surface area contributed by atoms with Gasteiger partial charge in [0.05, 0.1) is 10.7 Å². The number of hydrogen-bond acceptors (Lipinski definition) is 5. The smallest absolute Gasteiger partial charge is 0.242 e. The molecule has 0 amide bonds. The molecule has 0 fully saturated rings. The zero-order valence-electron chi connectivity index (χ0n) is 12.5. The predicted molar refractivity (Wildman–Crippen MR) is 95.7 cm³/mol. The number of rotatable bonds is 6. The number of pyridine rings is 1. The highest BCUT2D eigenvalue weighted by atomic mass is 35.5. The number of halogens is 1. The van der Waals surface area contributed by atoms with Gasteiger partial charge in [-0.2, -0.15) is 0 Å². The summed E-state index contributed by atoms with van der Waals surface area (Å²) < 4.78 is 27.1. The minimum absolute atomic E-state index is 0.0843. The zero-order chi connectivity index (χ0) is 17.0. The maximum atomic E-state index is 12.2. The minimum Gasteiger partial charge on any atom is -0.264 e. The van der Waals surface area contributed by atoms with Crippen LogP contribution in [0.4, 0.5) is 0 Å². The average Bonchev–Trinajstić information content (AvgIpc) is 3.05. The van der Waals surface area contributed by atoms with Crippen molar-refractivity contribution < 1.29 is 8.42 Å². The summed E-state index contributed by atoms with van der Waals surface area (Å²) in [5, 5.41) is 3.00. The molecule has 0 unspecified atom stereocenters. The third kappa shape index (κ3) is 3.99. The molecular formula is C16H14ClN3O2S2. The first kappa shape index (κ1) is 17.0. The Morgan fingerprint density at radius 2 is 2.00 bits per heavy atom. The Hall–Kier alpha value is -1.80. The van der Waals surface area contributed by atoms with E-state index >= 15 is 0 Å². The molecule has 2 aromatic heterocycles. The Labute approximate surface area is 149 Å². The summed E-state index contributed by atoms with van der Waals surface area (Å²) >= 11 is 7.45. The summed E-state index contributed by atoms with van der Waals surface area (Å²) in [7, 11) is -3.62. The maximum absolute atomic E-state index is 12.2. The maximum Gasteiger partial charge on any atom is 0.242 e. The third-order valence-corrected chi connectivity index (χ3v) is 6.16. The van der Waals surface area contributed by atoms with Crippen LogP contribution in [0.5, 0.6) is 0 Å². The van der Waals surface area contributed by atoms with Gasteiger partial charge in [0.2, 0.25) is 10.0 Å². The number of nitrogens with zero attached hydrogens (tertiary/aromatic N) is 2. The predicted octanol–water partition coefficient (Wildman–Crippen LogP) is 3.38. The van der Waals surface area contributed by atoms with Crippen LogP contribution in [0.1, 0.15) is 5.69 Å². The molecule has 2 heterocycles. The Morgan fingerprint density at radius 3 is 2.75 bits per heavy atom. The van der Waals surface area contributed by atoms with Crippen molar-refractivity contribution in [2.45, 2.75) is 11.3 Å². The van der Waals surface area contributed by atoms with Crippen molar-refractivity contribution in [1.82, 2.24) is 14.7 Å². The van der Waals surface area contributed by atoms with E-state index in [0.717, 1.165) is 16.3 Å². The number of aromatic nitrogens is 2. The van der Waals surface area contributed by atoms with Gasteiger partial charge in [-0.05, 0) is 24.3 Å². The van der Waals surface area contributed by atoms with Gasteiger partial charge in [0.25, 0.3) is 0 Å². The first-order valence-electron chi connectivity index (χ1n) is 7.15. The van der Waals surface area contributed by atoms with E-state index in [1.54, 1.807) is 30.6 Å². The lowest BCUT2D eigenvalue weighted by Crippen LogP contribution is -2.26. The molecule has 0 saturated carbocycles. The molecule has 0 spiro atoms. The molecule has 3 rings (SSSR count).